The van der Waals surface area contributed by atoms with Crippen LogP contribution >= 0.6 is 0 Å². The number of benzene rings is 1. The summed E-state index contributed by atoms with van der Waals surface area (Å²) in [4.78, 5) is 1.74. The molecule has 0 radical (unpaired) electrons. The fraction of sp³-hybridized carbons (Fsp3) is 0.455. The van der Waals surface area contributed by atoms with E-state index in [1.165, 1.54) is 6.07 Å². The van der Waals surface area contributed by atoms with Crippen molar-refractivity contribution in [2.75, 3.05) is 24.5 Å². The summed E-state index contributed by atoms with van der Waals surface area (Å²) in [7, 11) is 0. The number of nitrogens with zero attached hydrogens (tertiary/aromatic N) is 1. The number of hydrogen-bond donors (Lipinski definition) is 1. The van der Waals surface area contributed by atoms with Gasteiger partial charge in [0, 0.05) is 25.7 Å². The van der Waals surface area contributed by atoms with Crippen LogP contribution in [0, 0.1) is 17.5 Å². The van der Waals surface area contributed by atoms with E-state index in [1.54, 1.807) is 4.90 Å². The third-order valence-corrected chi connectivity index (χ3v) is 2.83. The molecular formula is C11H13F3N2. The van der Waals surface area contributed by atoms with E-state index in [-0.39, 0.29) is 11.7 Å². The second kappa shape index (κ2) is 4.33. The first-order valence-corrected chi connectivity index (χ1v) is 5.22. The van der Waals surface area contributed by atoms with Crippen molar-refractivity contribution in [3.05, 3.63) is 29.6 Å². The van der Waals surface area contributed by atoms with Gasteiger partial charge in [-0.25, -0.2) is 13.2 Å². The number of nitrogens with one attached hydrogen (secondary N) is 1. The third-order valence-electron chi connectivity index (χ3n) is 2.83. The first-order chi connectivity index (χ1) is 7.61. The molecule has 1 heterocycles. The van der Waals surface area contributed by atoms with Gasteiger partial charge in [-0.1, -0.05) is 0 Å². The summed E-state index contributed by atoms with van der Waals surface area (Å²) in [6, 6.07) is 2.31. The standard InChI is InChI=1S/C11H13F3N2/c1-7-6-15-4-5-16(7)9-3-2-8(12)10(13)11(9)14/h2-3,7,15H,4-6H2,1H3. The quantitative estimate of drug-likeness (QED) is 0.741. The van der Waals surface area contributed by atoms with Crippen LogP contribution in [0.25, 0.3) is 0 Å². The highest BCUT2D eigenvalue weighted by atomic mass is 19.2. The molecule has 0 aliphatic carbocycles. The zero-order valence-corrected chi connectivity index (χ0v) is 8.93. The lowest BCUT2D eigenvalue weighted by Gasteiger charge is -2.36. The Kier molecular flexibility index (Phi) is 3.05. The Bertz CT molecular complexity index is 395. The lowest BCUT2D eigenvalue weighted by atomic mass is 10.1. The second-order valence-electron chi connectivity index (χ2n) is 3.94. The van der Waals surface area contributed by atoms with E-state index in [9.17, 15) is 13.2 Å². The summed E-state index contributed by atoms with van der Waals surface area (Å²) < 4.78 is 39.4. The third kappa shape index (κ3) is 1.87. The zero-order valence-electron chi connectivity index (χ0n) is 8.93. The molecule has 1 aromatic carbocycles. The lowest BCUT2D eigenvalue weighted by molar-refractivity contribution is 0.436. The maximum atomic E-state index is 13.5. The van der Waals surface area contributed by atoms with Crippen molar-refractivity contribution in [3.63, 3.8) is 0 Å². The van der Waals surface area contributed by atoms with Crippen molar-refractivity contribution < 1.29 is 13.2 Å². The molecule has 0 saturated carbocycles. The van der Waals surface area contributed by atoms with E-state index in [0.29, 0.717) is 19.6 Å². The highest BCUT2D eigenvalue weighted by Gasteiger charge is 2.23. The minimum atomic E-state index is -1.40. The molecule has 0 amide bonds. The highest BCUT2D eigenvalue weighted by Crippen LogP contribution is 2.25. The number of hydrogen-bond acceptors (Lipinski definition) is 2. The average Bonchev–Trinajstić information content (AvgIpc) is 2.28. The molecule has 0 spiro atoms. The predicted molar refractivity (Wildman–Crippen MR) is 56.0 cm³/mol. The molecule has 2 rings (SSSR count). The molecule has 1 unspecified atom stereocenters. The minimum absolute atomic E-state index is 0.0631. The van der Waals surface area contributed by atoms with Crippen molar-refractivity contribution in [1.29, 1.82) is 0 Å². The van der Waals surface area contributed by atoms with Crippen molar-refractivity contribution in [2.45, 2.75) is 13.0 Å². The maximum absolute atomic E-state index is 13.5. The molecule has 0 bridgehead atoms. The van der Waals surface area contributed by atoms with E-state index in [2.05, 4.69) is 5.32 Å². The van der Waals surface area contributed by atoms with Gasteiger partial charge in [0.15, 0.2) is 17.5 Å². The van der Waals surface area contributed by atoms with Gasteiger partial charge in [0.1, 0.15) is 0 Å². The Balaban J connectivity index is 2.36. The van der Waals surface area contributed by atoms with Crippen molar-refractivity contribution >= 4 is 5.69 Å². The molecular weight excluding hydrogens is 217 g/mol. The topological polar surface area (TPSA) is 15.3 Å². The predicted octanol–water partition coefficient (Wildman–Crippen LogP) is 1.90. The fourth-order valence-corrected chi connectivity index (χ4v) is 1.94. The van der Waals surface area contributed by atoms with Crippen LogP contribution in [0.5, 0.6) is 0 Å². The Morgan fingerprint density at radius 1 is 1.25 bits per heavy atom. The van der Waals surface area contributed by atoms with Crippen molar-refractivity contribution in [3.8, 4) is 0 Å². The number of piperazine rings is 1. The molecule has 1 atom stereocenters. The molecule has 2 nitrogen and oxygen atoms in total. The van der Waals surface area contributed by atoms with Crippen LogP contribution in [-0.4, -0.2) is 25.7 Å². The smallest absolute Gasteiger partial charge is 0.196 e. The number of halogens is 3. The molecule has 1 N–H and O–H groups in total. The van der Waals surface area contributed by atoms with Crippen LogP contribution in [0.4, 0.5) is 18.9 Å². The van der Waals surface area contributed by atoms with Gasteiger partial charge in [-0.15, -0.1) is 0 Å². The first kappa shape index (κ1) is 11.3. The van der Waals surface area contributed by atoms with Gasteiger partial charge in [0.25, 0.3) is 0 Å². The molecule has 0 aromatic heterocycles. The molecule has 1 saturated heterocycles. The highest BCUT2D eigenvalue weighted by molar-refractivity contribution is 5.49. The van der Waals surface area contributed by atoms with Crippen LogP contribution in [0.2, 0.25) is 0 Å². The van der Waals surface area contributed by atoms with E-state index in [0.717, 1.165) is 6.07 Å². The molecule has 1 aliphatic heterocycles. The van der Waals surface area contributed by atoms with Gasteiger partial charge >= 0.3 is 0 Å². The second-order valence-corrected chi connectivity index (χ2v) is 3.94. The molecule has 1 aromatic rings. The summed E-state index contributed by atoms with van der Waals surface area (Å²) >= 11 is 0. The summed E-state index contributed by atoms with van der Waals surface area (Å²) in [5, 5.41) is 3.15. The summed E-state index contributed by atoms with van der Waals surface area (Å²) in [6.45, 7) is 3.91. The number of rotatable bonds is 1. The van der Waals surface area contributed by atoms with Crippen LogP contribution in [0.15, 0.2) is 12.1 Å². The largest absolute Gasteiger partial charge is 0.364 e. The van der Waals surface area contributed by atoms with E-state index < -0.39 is 17.5 Å². The molecule has 1 aliphatic rings. The Morgan fingerprint density at radius 3 is 2.69 bits per heavy atom. The van der Waals surface area contributed by atoms with Crippen LogP contribution < -0.4 is 10.2 Å². The Morgan fingerprint density at radius 2 is 2.00 bits per heavy atom. The van der Waals surface area contributed by atoms with Crippen LogP contribution in [0.3, 0.4) is 0 Å². The van der Waals surface area contributed by atoms with Crippen LogP contribution in [0.1, 0.15) is 6.92 Å². The fourth-order valence-electron chi connectivity index (χ4n) is 1.94. The van der Waals surface area contributed by atoms with Gasteiger partial charge in [-0.05, 0) is 19.1 Å². The zero-order chi connectivity index (χ0) is 11.7. The monoisotopic (exact) mass is 230 g/mol. The molecule has 16 heavy (non-hydrogen) atoms. The Hall–Kier alpha value is -1.23. The molecule has 5 heteroatoms. The minimum Gasteiger partial charge on any atom is -0.364 e. The van der Waals surface area contributed by atoms with Gasteiger partial charge < -0.3 is 10.2 Å². The van der Waals surface area contributed by atoms with Gasteiger partial charge in [0.05, 0.1) is 5.69 Å². The SMILES string of the molecule is CC1CNCCN1c1ccc(F)c(F)c1F. The Labute approximate surface area is 92.1 Å². The summed E-state index contributed by atoms with van der Waals surface area (Å²) in [5.41, 5.74) is 0.132. The van der Waals surface area contributed by atoms with E-state index in [4.69, 9.17) is 0 Å². The first-order valence-electron chi connectivity index (χ1n) is 5.22. The van der Waals surface area contributed by atoms with Gasteiger partial charge in [-0.3, -0.25) is 0 Å². The van der Waals surface area contributed by atoms with Crippen LogP contribution in [-0.2, 0) is 0 Å². The average molecular weight is 230 g/mol. The summed E-state index contributed by atoms with van der Waals surface area (Å²) in [5.74, 6) is -3.65. The van der Waals surface area contributed by atoms with Gasteiger partial charge in [-0.2, -0.15) is 0 Å². The van der Waals surface area contributed by atoms with Gasteiger partial charge in [0.2, 0.25) is 0 Å². The number of anilines is 1. The van der Waals surface area contributed by atoms with E-state index in [1.807, 2.05) is 6.92 Å². The lowest BCUT2D eigenvalue weighted by Crippen LogP contribution is -2.50. The van der Waals surface area contributed by atoms with Crippen molar-refractivity contribution in [2.24, 2.45) is 0 Å². The van der Waals surface area contributed by atoms with Crippen molar-refractivity contribution in [1.82, 2.24) is 5.32 Å². The molecule has 1 fully saturated rings. The normalized spacial score (nSPS) is 21.2. The maximum Gasteiger partial charge on any atom is 0.196 e. The molecule has 88 valence electrons. The van der Waals surface area contributed by atoms with E-state index >= 15 is 0 Å². The summed E-state index contributed by atoms with van der Waals surface area (Å²) in [6.07, 6.45) is 0.